The van der Waals surface area contributed by atoms with Crippen molar-refractivity contribution in [2.75, 3.05) is 0 Å². The van der Waals surface area contributed by atoms with Gasteiger partial charge in [-0.25, -0.2) is 0 Å². The molecular weight excluding hydrogens is 526 g/mol. The highest BCUT2D eigenvalue weighted by Crippen LogP contribution is 2.55. The van der Waals surface area contributed by atoms with Crippen molar-refractivity contribution >= 4 is 27.6 Å². The summed E-state index contributed by atoms with van der Waals surface area (Å²) in [7, 11) is 0. The van der Waals surface area contributed by atoms with Gasteiger partial charge in [-0.15, -0.1) is 0 Å². The van der Waals surface area contributed by atoms with Gasteiger partial charge in [-0.05, 0) is 87.3 Å². The summed E-state index contributed by atoms with van der Waals surface area (Å²) in [4.78, 5) is 30.2. The predicted octanol–water partition coefficient (Wildman–Crippen LogP) is 4.16. The summed E-state index contributed by atoms with van der Waals surface area (Å²) in [6.45, 7) is 0. The number of benzene rings is 3. The fourth-order valence-corrected chi connectivity index (χ4v) is 11.1. The smallest absolute Gasteiger partial charge is 0.197 e. The molecule has 6 nitrogen and oxygen atoms in total. The van der Waals surface area contributed by atoms with Crippen molar-refractivity contribution in [2.45, 2.75) is 119 Å². The summed E-state index contributed by atoms with van der Waals surface area (Å²) in [5.74, 6) is 1.23. The Morgan fingerprint density at radius 2 is 1.29 bits per heavy atom. The van der Waals surface area contributed by atoms with Gasteiger partial charge in [-0.1, -0.05) is 42.5 Å². The maximum atomic E-state index is 13.7. The van der Waals surface area contributed by atoms with Crippen LogP contribution in [0.5, 0.6) is 0 Å². The van der Waals surface area contributed by atoms with Crippen molar-refractivity contribution < 1.29 is 14.2 Å². The SMILES string of the molecule is O=c1c(=CC2CCC3C(C2)CC2OC4CCCC5OC6CCCC7OC3C2N(C54)C67)c(=O)c2cccc3cccc1c32. The minimum atomic E-state index is -0.107. The molecule has 10 rings (SSSR count). The minimum absolute atomic E-state index is 0.107. The van der Waals surface area contributed by atoms with Crippen LogP contribution in [0.15, 0.2) is 46.0 Å². The monoisotopic (exact) mass is 565 g/mol. The molecule has 7 fully saturated rings. The number of hydrogen-bond donors (Lipinski definition) is 0. The van der Waals surface area contributed by atoms with Crippen LogP contribution in [0.25, 0.3) is 27.6 Å². The average molecular weight is 566 g/mol. The summed E-state index contributed by atoms with van der Waals surface area (Å²) in [5, 5.41) is 3.48. The zero-order valence-electron chi connectivity index (χ0n) is 24.0. The summed E-state index contributed by atoms with van der Waals surface area (Å²) >= 11 is 0. The highest BCUT2D eigenvalue weighted by Gasteiger charge is 2.65. The van der Waals surface area contributed by atoms with Crippen molar-refractivity contribution in [3.8, 4) is 0 Å². The molecule has 4 saturated carbocycles. The normalized spacial score (nSPS) is 44.0. The predicted molar refractivity (Wildman–Crippen MR) is 161 cm³/mol. The first kappa shape index (κ1) is 25.0. The highest BCUT2D eigenvalue weighted by atomic mass is 16.5. The lowest BCUT2D eigenvalue weighted by atomic mass is 9.61. The van der Waals surface area contributed by atoms with Gasteiger partial charge in [0.1, 0.15) is 0 Å². The van der Waals surface area contributed by atoms with E-state index >= 15 is 0 Å². The molecule has 12 unspecified atom stereocenters. The maximum absolute atomic E-state index is 13.7. The van der Waals surface area contributed by atoms with Crippen LogP contribution in [0.2, 0.25) is 0 Å². The molecule has 6 heteroatoms. The largest absolute Gasteiger partial charge is 0.372 e. The molecule has 218 valence electrons. The van der Waals surface area contributed by atoms with Gasteiger partial charge >= 0.3 is 0 Å². The van der Waals surface area contributed by atoms with E-state index in [0.717, 1.165) is 62.1 Å². The standard InChI is InChI=1S/C36H39NO5/c38-34-22-7-1-5-19-6-2-8-23(30(19)22)35(39)24(34)16-18-13-14-21-20(15-18)17-29-33-36(21)42-28-12-4-10-26-32(28)37(33)31-25(40-26)9-3-11-27(31)41-29/h1-2,5-8,16,18,20-21,25-29,31-33,36H,3-4,9-15,17H2. The molecule has 3 heterocycles. The molecule has 0 bridgehead atoms. The number of rotatable bonds is 1. The van der Waals surface area contributed by atoms with Crippen LogP contribution >= 0.6 is 0 Å². The van der Waals surface area contributed by atoms with E-state index in [-0.39, 0.29) is 41.2 Å². The molecule has 3 aliphatic heterocycles. The Morgan fingerprint density at radius 1 is 0.667 bits per heavy atom. The third-order valence-corrected chi connectivity index (χ3v) is 12.6. The van der Waals surface area contributed by atoms with Gasteiger partial charge in [-0.3, -0.25) is 14.5 Å². The first-order chi connectivity index (χ1) is 20.6. The fraction of sp³-hybridized carbons (Fsp3) is 0.611. The first-order valence-corrected chi connectivity index (χ1v) is 16.7. The molecule has 0 amide bonds. The van der Waals surface area contributed by atoms with E-state index < -0.39 is 0 Å². The van der Waals surface area contributed by atoms with E-state index in [0.29, 0.717) is 58.2 Å². The Bertz CT molecular complexity index is 1670. The van der Waals surface area contributed by atoms with Crippen molar-refractivity contribution in [3.05, 3.63) is 62.1 Å². The molecule has 0 radical (unpaired) electrons. The second-order valence-corrected chi connectivity index (χ2v) is 14.5. The lowest BCUT2D eigenvalue weighted by molar-refractivity contribution is -0.345. The zero-order valence-corrected chi connectivity index (χ0v) is 24.0. The van der Waals surface area contributed by atoms with Crippen molar-refractivity contribution in [1.82, 2.24) is 4.90 Å². The molecule has 3 aromatic carbocycles. The van der Waals surface area contributed by atoms with Crippen molar-refractivity contribution in [1.29, 1.82) is 0 Å². The Balaban J connectivity index is 1.01. The fourth-order valence-electron chi connectivity index (χ4n) is 11.1. The van der Waals surface area contributed by atoms with Gasteiger partial charge in [0.05, 0.1) is 60.0 Å². The number of morpholine rings is 3. The van der Waals surface area contributed by atoms with Crippen molar-refractivity contribution in [2.24, 2.45) is 17.8 Å². The lowest BCUT2D eigenvalue weighted by Gasteiger charge is -2.69. The van der Waals surface area contributed by atoms with Gasteiger partial charge in [0.2, 0.25) is 0 Å². The van der Waals surface area contributed by atoms with Gasteiger partial charge in [0, 0.05) is 16.2 Å². The van der Waals surface area contributed by atoms with E-state index in [1.54, 1.807) is 0 Å². The van der Waals surface area contributed by atoms with Gasteiger partial charge < -0.3 is 14.2 Å². The van der Waals surface area contributed by atoms with Crippen LogP contribution in [0.3, 0.4) is 0 Å². The minimum Gasteiger partial charge on any atom is -0.372 e. The van der Waals surface area contributed by atoms with E-state index in [4.69, 9.17) is 14.2 Å². The highest BCUT2D eigenvalue weighted by molar-refractivity contribution is 6.09. The topological polar surface area (TPSA) is 65.1 Å². The Hall–Kier alpha value is -2.38. The number of fused-ring (bicyclic) bond motifs is 2. The number of ether oxygens (including phenoxy) is 3. The first-order valence-electron chi connectivity index (χ1n) is 16.7. The molecule has 0 N–H and O–H groups in total. The van der Waals surface area contributed by atoms with E-state index in [2.05, 4.69) is 11.0 Å². The molecule has 0 aromatic heterocycles. The quantitative estimate of drug-likeness (QED) is 0.442. The van der Waals surface area contributed by atoms with Crippen LogP contribution in [-0.2, 0) is 14.2 Å². The second-order valence-electron chi connectivity index (χ2n) is 14.5. The molecule has 12 atom stereocenters. The molecule has 42 heavy (non-hydrogen) atoms. The number of nitrogens with zero attached hydrogens (tertiary/aromatic N) is 1. The van der Waals surface area contributed by atoms with Crippen LogP contribution in [-0.4, -0.2) is 59.6 Å². The lowest BCUT2D eigenvalue weighted by Crippen LogP contribution is -2.82. The van der Waals surface area contributed by atoms with Crippen molar-refractivity contribution in [3.63, 3.8) is 0 Å². The van der Waals surface area contributed by atoms with Crippen LogP contribution in [0.4, 0.5) is 0 Å². The molecule has 7 aliphatic rings. The van der Waals surface area contributed by atoms with E-state index in [1.807, 2.05) is 36.4 Å². The second kappa shape index (κ2) is 9.07. The molecular formula is C36H39NO5. The molecule has 4 aliphatic carbocycles. The molecule has 0 spiro atoms. The van der Waals surface area contributed by atoms with Gasteiger partial charge in [-0.2, -0.15) is 0 Å². The summed E-state index contributed by atoms with van der Waals surface area (Å²) in [5.41, 5.74) is -0.214. The van der Waals surface area contributed by atoms with Crippen LogP contribution < -0.4 is 16.1 Å². The van der Waals surface area contributed by atoms with E-state index in [1.165, 1.54) is 12.8 Å². The van der Waals surface area contributed by atoms with Gasteiger partial charge in [0.15, 0.2) is 10.9 Å². The zero-order chi connectivity index (χ0) is 27.7. The van der Waals surface area contributed by atoms with Crippen LogP contribution in [0, 0.1) is 17.8 Å². The van der Waals surface area contributed by atoms with Crippen LogP contribution in [0.1, 0.15) is 64.2 Å². The van der Waals surface area contributed by atoms with E-state index in [9.17, 15) is 9.59 Å². The average Bonchev–Trinajstić information content (AvgIpc) is 3.01. The summed E-state index contributed by atoms with van der Waals surface area (Å²) in [6.07, 6.45) is 14.8. The third kappa shape index (κ3) is 3.36. The number of hydrogen-bond acceptors (Lipinski definition) is 6. The van der Waals surface area contributed by atoms with Gasteiger partial charge in [0.25, 0.3) is 0 Å². The molecule has 3 aromatic rings. The maximum Gasteiger partial charge on any atom is 0.197 e. The Labute approximate surface area is 245 Å². The molecule has 3 saturated heterocycles. The third-order valence-electron chi connectivity index (χ3n) is 12.6. The summed E-state index contributed by atoms with van der Waals surface area (Å²) in [6, 6.07) is 12.7. The Kier molecular flexibility index (Phi) is 5.40. The summed E-state index contributed by atoms with van der Waals surface area (Å²) < 4.78 is 21.0. The Morgan fingerprint density at radius 3 is 1.95 bits per heavy atom.